The molecular formula is C41H55N3O3. The Morgan fingerprint density at radius 1 is 0.553 bits per heavy atom. The van der Waals surface area contributed by atoms with E-state index < -0.39 is 6.10 Å². The first-order valence-corrected chi connectivity index (χ1v) is 17.7. The molecule has 6 nitrogen and oxygen atoms in total. The molecule has 47 heavy (non-hydrogen) atoms. The van der Waals surface area contributed by atoms with Crippen LogP contribution in [0, 0.1) is 34.6 Å². The van der Waals surface area contributed by atoms with Crippen molar-refractivity contribution in [2.24, 2.45) is 0 Å². The summed E-state index contributed by atoms with van der Waals surface area (Å²) in [4.78, 5) is 14.9. The SMILES string of the molecule is CCCCCCCCCCCCOCC(O)COc1ccc(-c2nc(-c3ccc(C)cc3C)nc(-c3ccc(C)cc3C)n2)c(C)c1. The van der Waals surface area contributed by atoms with Gasteiger partial charge in [0.2, 0.25) is 0 Å². The topological polar surface area (TPSA) is 77.4 Å². The molecule has 4 rings (SSSR count). The summed E-state index contributed by atoms with van der Waals surface area (Å²) in [5, 5.41) is 10.5. The number of hydrogen-bond donors (Lipinski definition) is 1. The van der Waals surface area contributed by atoms with Crippen molar-refractivity contribution in [3.8, 4) is 39.9 Å². The van der Waals surface area contributed by atoms with Gasteiger partial charge in [-0.3, -0.25) is 0 Å². The van der Waals surface area contributed by atoms with Crippen LogP contribution >= 0.6 is 0 Å². The molecule has 3 aromatic carbocycles. The summed E-state index contributed by atoms with van der Waals surface area (Å²) in [5.41, 5.74) is 8.54. The highest BCUT2D eigenvalue weighted by atomic mass is 16.5. The molecule has 0 aliphatic carbocycles. The summed E-state index contributed by atoms with van der Waals surface area (Å²) in [6.45, 7) is 13.8. The zero-order valence-electron chi connectivity index (χ0n) is 29.6. The number of ether oxygens (including phenoxy) is 2. The van der Waals surface area contributed by atoms with Crippen LogP contribution in [0.4, 0.5) is 0 Å². The molecule has 0 saturated carbocycles. The second-order valence-electron chi connectivity index (χ2n) is 13.1. The van der Waals surface area contributed by atoms with Crippen molar-refractivity contribution >= 4 is 0 Å². The molecule has 252 valence electrons. The summed E-state index contributed by atoms with van der Waals surface area (Å²) in [6.07, 6.45) is 12.3. The maximum absolute atomic E-state index is 10.5. The van der Waals surface area contributed by atoms with Crippen LogP contribution in [0.3, 0.4) is 0 Å². The largest absolute Gasteiger partial charge is 0.491 e. The predicted octanol–water partition coefficient (Wildman–Crippen LogP) is 10.1. The highest BCUT2D eigenvalue weighted by Crippen LogP contribution is 2.31. The van der Waals surface area contributed by atoms with Gasteiger partial charge in [0.05, 0.1) is 6.61 Å². The smallest absolute Gasteiger partial charge is 0.164 e. The maximum atomic E-state index is 10.5. The third kappa shape index (κ3) is 11.3. The van der Waals surface area contributed by atoms with Gasteiger partial charge in [0.25, 0.3) is 0 Å². The molecule has 0 fully saturated rings. The third-order valence-corrected chi connectivity index (χ3v) is 8.71. The van der Waals surface area contributed by atoms with E-state index in [0.717, 1.165) is 39.8 Å². The van der Waals surface area contributed by atoms with E-state index in [2.05, 4.69) is 71.0 Å². The summed E-state index contributed by atoms with van der Waals surface area (Å²) < 4.78 is 11.7. The van der Waals surface area contributed by atoms with Gasteiger partial charge in [0.15, 0.2) is 17.5 Å². The number of hydrogen-bond acceptors (Lipinski definition) is 6. The Balaban J connectivity index is 1.35. The Morgan fingerprint density at radius 3 is 1.47 bits per heavy atom. The fraction of sp³-hybridized carbons (Fsp3) is 0.488. The van der Waals surface area contributed by atoms with Crippen molar-refractivity contribution in [3.05, 3.63) is 82.4 Å². The van der Waals surface area contributed by atoms with E-state index in [0.29, 0.717) is 29.8 Å². The van der Waals surface area contributed by atoms with E-state index >= 15 is 0 Å². The van der Waals surface area contributed by atoms with Gasteiger partial charge < -0.3 is 14.6 Å². The molecule has 0 saturated heterocycles. The predicted molar refractivity (Wildman–Crippen MR) is 194 cm³/mol. The lowest BCUT2D eigenvalue weighted by atomic mass is 10.0. The minimum Gasteiger partial charge on any atom is -0.491 e. The number of aliphatic hydroxyl groups is 1. The quantitative estimate of drug-likeness (QED) is 0.103. The lowest BCUT2D eigenvalue weighted by Gasteiger charge is -2.15. The van der Waals surface area contributed by atoms with Crippen LogP contribution in [0.15, 0.2) is 54.6 Å². The molecular weight excluding hydrogens is 582 g/mol. The van der Waals surface area contributed by atoms with Crippen LogP contribution in [0.5, 0.6) is 5.75 Å². The second kappa shape index (κ2) is 18.7. The Morgan fingerprint density at radius 2 is 1.00 bits per heavy atom. The highest BCUT2D eigenvalue weighted by molar-refractivity contribution is 5.71. The fourth-order valence-electron chi connectivity index (χ4n) is 5.99. The second-order valence-corrected chi connectivity index (χ2v) is 13.1. The van der Waals surface area contributed by atoms with Crippen molar-refractivity contribution in [2.45, 2.75) is 112 Å². The van der Waals surface area contributed by atoms with Gasteiger partial charge in [0.1, 0.15) is 18.5 Å². The Bertz CT molecular complexity index is 1500. The number of nitrogens with zero attached hydrogens (tertiary/aromatic N) is 3. The van der Waals surface area contributed by atoms with Gasteiger partial charge in [-0.15, -0.1) is 0 Å². The molecule has 1 unspecified atom stereocenters. The van der Waals surface area contributed by atoms with Crippen LogP contribution in [-0.4, -0.2) is 46.0 Å². The zero-order chi connectivity index (χ0) is 33.6. The molecule has 0 aliphatic rings. The molecule has 0 aliphatic heterocycles. The molecule has 1 heterocycles. The molecule has 0 bridgehead atoms. The first-order chi connectivity index (χ1) is 22.7. The summed E-state index contributed by atoms with van der Waals surface area (Å²) >= 11 is 0. The fourth-order valence-corrected chi connectivity index (χ4v) is 5.99. The van der Waals surface area contributed by atoms with Crippen LogP contribution in [0.25, 0.3) is 34.2 Å². The molecule has 0 radical (unpaired) electrons. The molecule has 1 atom stereocenters. The standard InChI is InChI=1S/C41H55N3O3/c1-7-8-9-10-11-12-13-14-15-16-23-46-27-34(45)28-47-35-19-22-38(33(6)26-35)41-43-39(36-20-17-29(2)24-31(36)4)42-40(44-41)37-21-18-30(3)25-32(37)5/h17-22,24-26,34,45H,7-16,23,27-28H2,1-6H3. The van der Waals surface area contributed by atoms with Crippen LogP contribution in [0.2, 0.25) is 0 Å². The van der Waals surface area contributed by atoms with Gasteiger partial charge in [0, 0.05) is 23.3 Å². The first kappa shape index (κ1) is 36.2. The van der Waals surface area contributed by atoms with E-state index in [1.54, 1.807) is 0 Å². The average Bonchev–Trinajstić information content (AvgIpc) is 3.04. The van der Waals surface area contributed by atoms with E-state index in [-0.39, 0.29) is 13.2 Å². The van der Waals surface area contributed by atoms with Crippen LogP contribution in [-0.2, 0) is 4.74 Å². The number of rotatable bonds is 19. The third-order valence-electron chi connectivity index (χ3n) is 8.71. The van der Waals surface area contributed by atoms with Gasteiger partial charge >= 0.3 is 0 Å². The minimum atomic E-state index is -0.678. The van der Waals surface area contributed by atoms with Gasteiger partial charge in [-0.25, -0.2) is 15.0 Å². The number of benzene rings is 3. The number of aromatic nitrogens is 3. The molecule has 0 spiro atoms. The van der Waals surface area contributed by atoms with Crippen LogP contribution in [0.1, 0.15) is 98.9 Å². The molecule has 6 heteroatoms. The van der Waals surface area contributed by atoms with E-state index in [4.69, 9.17) is 24.4 Å². The van der Waals surface area contributed by atoms with Crippen molar-refractivity contribution in [1.82, 2.24) is 15.0 Å². The van der Waals surface area contributed by atoms with Gasteiger partial charge in [-0.1, -0.05) is 112 Å². The number of aliphatic hydroxyl groups excluding tert-OH is 1. The van der Waals surface area contributed by atoms with E-state index in [9.17, 15) is 5.11 Å². The molecule has 4 aromatic rings. The first-order valence-electron chi connectivity index (χ1n) is 17.7. The lowest BCUT2D eigenvalue weighted by molar-refractivity contribution is 0.0109. The Labute approximate surface area is 283 Å². The molecule has 1 aromatic heterocycles. The molecule has 1 N–H and O–H groups in total. The minimum absolute atomic E-state index is 0.177. The summed E-state index contributed by atoms with van der Waals surface area (Å²) in [7, 11) is 0. The lowest BCUT2D eigenvalue weighted by Crippen LogP contribution is -2.23. The zero-order valence-corrected chi connectivity index (χ0v) is 29.6. The van der Waals surface area contributed by atoms with Crippen molar-refractivity contribution in [2.75, 3.05) is 19.8 Å². The normalized spacial score (nSPS) is 12.0. The Kier molecular flexibility index (Phi) is 14.4. The summed E-state index contributed by atoms with van der Waals surface area (Å²) in [5.74, 6) is 2.62. The van der Waals surface area contributed by atoms with Gasteiger partial charge in [-0.2, -0.15) is 0 Å². The molecule has 0 amide bonds. The van der Waals surface area contributed by atoms with Gasteiger partial charge in [-0.05, 0) is 75.9 Å². The van der Waals surface area contributed by atoms with Crippen LogP contribution < -0.4 is 4.74 Å². The van der Waals surface area contributed by atoms with Crippen molar-refractivity contribution in [3.63, 3.8) is 0 Å². The monoisotopic (exact) mass is 637 g/mol. The van der Waals surface area contributed by atoms with Crippen molar-refractivity contribution in [1.29, 1.82) is 0 Å². The number of unbranched alkanes of at least 4 members (excludes halogenated alkanes) is 9. The van der Waals surface area contributed by atoms with E-state index in [1.807, 2.05) is 25.1 Å². The summed E-state index contributed by atoms with van der Waals surface area (Å²) in [6, 6.07) is 18.6. The van der Waals surface area contributed by atoms with E-state index in [1.165, 1.54) is 68.9 Å². The Hall–Kier alpha value is -3.61. The van der Waals surface area contributed by atoms with Crippen molar-refractivity contribution < 1.29 is 14.6 Å². The average molecular weight is 638 g/mol. The maximum Gasteiger partial charge on any atom is 0.164 e. The number of aryl methyl sites for hydroxylation is 5. The highest BCUT2D eigenvalue weighted by Gasteiger charge is 2.17.